The second-order valence-corrected chi connectivity index (χ2v) is 7.17. The number of likely N-dealkylation sites (tertiary alicyclic amines) is 1. The van der Waals surface area contributed by atoms with Crippen molar-refractivity contribution in [1.29, 1.82) is 0 Å². The van der Waals surface area contributed by atoms with Crippen LogP contribution in [0.1, 0.15) is 18.4 Å². The average Bonchev–Trinajstić information content (AvgIpc) is 2.47. The second-order valence-electron chi connectivity index (χ2n) is 7.17. The molecule has 0 amide bonds. The smallest absolute Gasteiger partial charge is 0.0900 e. The fourth-order valence-corrected chi connectivity index (χ4v) is 3.87. The molecule has 0 unspecified atom stereocenters. The molecule has 0 saturated carbocycles. The fraction of sp³-hybridized carbons (Fsp3) is 0.667. The topological polar surface area (TPSA) is 30.0 Å². The molecule has 2 fully saturated rings. The van der Waals surface area contributed by atoms with E-state index < -0.39 is 5.60 Å². The second kappa shape index (κ2) is 6.57. The number of β-amino-alcohol motifs (C(OH)–C–C–N with tert-alkyl or cyclic N) is 1. The molecular formula is C18H29N3O. The number of anilines is 1. The van der Waals surface area contributed by atoms with Crippen molar-refractivity contribution >= 4 is 5.69 Å². The molecule has 3 rings (SSSR count). The number of piperidine rings is 1. The van der Waals surface area contributed by atoms with E-state index >= 15 is 0 Å². The van der Waals surface area contributed by atoms with Gasteiger partial charge in [-0.2, -0.15) is 0 Å². The van der Waals surface area contributed by atoms with Crippen LogP contribution in [0, 0.1) is 6.92 Å². The van der Waals surface area contributed by atoms with Gasteiger partial charge in [-0.3, -0.25) is 4.90 Å². The molecule has 2 aliphatic heterocycles. The monoisotopic (exact) mass is 303 g/mol. The summed E-state index contributed by atoms with van der Waals surface area (Å²) >= 11 is 0. The number of aryl methyl sites for hydroxylation is 1. The van der Waals surface area contributed by atoms with Gasteiger partial charge in [0.2, 0.25) is 0 Å². The van der Waals surface area contributed by atoms with Crippen LogP contribution in [-0.4, -0.2) is 73.4 Å². The van der Waals surface area contributed by atoms with Crippen molar-refractivity contribution in [1.82, 2.24) is 9.80 Å². The highest BCUT2D eigenvalue weighted by atomic mass is 16.3. The lowest BCUT2D eigenvalue weighted by Crippen LogP contribution is -2.56. The first kappa shape index (κ1) is 15.8. The van der Waals surface area contributed by atoms with E-state index in [1.54, 1.807) is 0 Å². The summed E-state index contributed by atoms with van der Waals surface area (Å²) in [6.45, 7) is 9.08. The van der Waals surface area contributed by atoms with Gasteiger partial charge in [0, 0.05) is 45.0 Å². The number of hydrogen-bond donors (Lipinski definition) is 1. The van der Waals surface area contributed by atoms with Gasteiger partial charge >= 0.3 is 0 Å². The zero-order chi connectivity index (χ0) is 15.6. The maximum atomic E-state index is 10.8. The Bertz CT molecular complexity index is 499. The molecule has 1 atom stereocenters. The number of piperazine rings is 1. The number of hydrogen-bond acceptors (Lipinski definition) is 4. The van der Waals surface area contributed by atoms with Crippen LogP contribution in [0.4, 0.5) is 5.69 Å². The molecule has 1 N–H and O–H groups in total. The fourth-order valence-electron chi connectivity index (χ4n) is 3.87. The summed E-state index contributed by atoms with van der Waals surface area (Å²) in [6, 6.07) is 8.75. The Labute approximate surface area is 134 Å². The number of benzene rings is 1. The SMILES string of the molecule is Cc1cccc(N2CCN(C[C@@]3(O)CCCN(C)C3)CC2)c1. The Morgan fingerprint density at radius 2 is 1.91 bits per heavy atom. The summed E-state index contributed by atoms with van der Waals surface area (Å²) in [6.07, 6.45) is 2.05. The van der Waals surface area contributed by atoms with E-state index in [1.807, 2.05) is 0 Å². The first-order valence-electron chi connectivity index (χ1n) is 8.49. The lowest BCUT2D eigenvalue weighted by Gasteiger charge is -2.43. The van der Waals surface area contributed by atoms with E-state index in [-0.39, 0.29) is 0 Å². The minimum Gasteiger partial charge on any atom is -0.387 e. The van der Waals surface area contributed by atoms with Crippen LogP contribution in [0.25, 0.3) is 0 Å². The molecule has 1 aromatic carbocycles. The zero-order valence-corrected chi connectivity index (χ0v) is 14.0. The summed E-state index contributed by atoms with van der Waals surface area (Å²) in [5, 5.41) is 10.8. The van der Waals surface area contributed by atoms with Crippen molar-refractivity contribution in [3.8, 4) is 0 Å². The molecule has 0 bridgehead atoms. The number of rotatable bonds is 3. The highest BCUT2D eigenvalue weighted by molar-refractivity contribution is 5.48. The summed E-state index contributed by atoms with van der Waals surface area (Å²) in [5.41, 5.74) is 2.13. The average molecular weight is 303 g/mol. The summed E-state index contributed by atoms with van der Waals surface area (Å²) < 4.78 is 0. The Morgan fingerprint density at radius 1 is 1.14 bits per heavy atom. The minimum atomic E-state index is -0.515. The van der Waals surface area contributed by atoms with Crippen molar-refractivity contribution < 1.29 is 5.11 Å². The first-order valence-corrected chi connectivity index (χ1v) is 8.49. The summed E-state index contributed by atoms with van der Waals surface area (Å²) in [7, 11) is 2.11. The van der Waals surface area contributed by atoms with Crippen molar-refractivity contribution in [2.45, 2.75) is 25.4 Å². The molecule has 0 radical (unpaired) electrons. The van der Waals surface area contributed by atoms with E-state index in [9.17, 15) is 5.11 Å². The van der Waals surface area contributed by atoms with Gasteiger partial charge in [-0.1, -0.05) is 12.1 Å². The van der Waals surface area contributed by atoms with Gasteiger partial charge in [-0.05, 0) is 51.1 Å². The summed E-state index contributed by atoms with van der Waals surface area (Å²) in [5.74, 6) is 0. The van der Waals surface area contributed by atoms with Gasteiger partial charge in [0.15, 0.2) is 0 Å². The van der Waals surface area contributed by atoms with E-state index in [4.69, 9.17) is 0 Å². The Balaban J connectivity index is 1.53. The standard InChI is InChI=1S/C18H29N3O/c1-16-5-3-6-17(13-16)21-11-9-20(10-12-21)15-18(22)7-4-8-19(2)14-18/h3,5-6,13,22H,4,7-12,14-15H2,1-2H3/t18-/m1/s1. The van der Waals surface area contributed by atoms with Crippen LogP contribution < -0.4 is 4.90 Å². The third kappa shape index (κ3) is 3.80. The Kier molecular flexibility index (Phi) is 4.71. The van der Waals surface area contributed by atoms with E-state index in [0.29, 0.717) is 0 Å². The molecule has 2 heterocycles. The number of likely N-dealkylation sites (N-methyl/N-ethyl adjacent to an activating group) is 1. The van der Waals surface area contributed by atoms with Gasteiger partial charge in [0.1, 0.15) is 0 Å². The summed E-state index contributed by atoms with van der Waals surface area (Å²) in [4.78, 5) is 7.15. The normalized spacial score (nSPS) is 28.0. The van der Waals surface area contributed by atoms with Crippen LogP contribution in [0.15, 0.2) is 24.3 Å². The number of aliphatic hydroxyl groups is 1. The van der Waals surface area contributed by atoms with Gasteiger partial charge in [-0.25, -0.2) is 0 Å². The molecule has 4 nitrogen and oxygen atoms in total. The molecule has 0 aliphatic carbocycles. The molecule has 1 aromatic rings. The third-order valence-corrected chi connectivity index (χ3v) is 5.00. The number of nitrogens with zero attached hydrogens (tertiary/aromatic N) is 3. The molecular weight excluding hydrogens is 274 g/mol. The highest BCUT2D eigenvalue weighted by Crippen LogP contribution is 2.23. The highest BCUT2D eigenvalue weighted by Gasteiger charge is 2.34. The molecule has 4 heteroatoms. The lowest BCUT2D eigenvalue weighted by molar-refractivity contribution is -0.0478. The lowest BCUT2D eigenvalue weighted by atomic mass is 9.92. The van der Waals surface area contributed by atoms with Crippen LogP contribution in [0.5, 0.6) is 0 Å². The van der Waals surface area contributed by atoms with Crippen molar-refractivity contribution in [2.24, 2.45) is 0 Å². The Hall–Kier alpha value is -1.10. The van der Waals surface area contributed by atoms with Crippen LogP contribution in [-0.2, 0) is 0 Å². The largest absolute Gasteiger partial charge is 0.387 e. The van der Waals surface area contributed by atoms with E-state index in [2.05, 4.69) is 52.9 Å². The quantitative estimate of drug-likeness (QED) is 0.918. The Morgan fingerprint density at radius 3 is 2.59 bits per heavy atom. The molecule has 2 saturated heterocycles. The minimum absolute atomic E-state index is 0.515. The maximum Gasteiger partial charge on any atom is 0.0900 e. The van der Waals surface area contributed by atoms with E-state index in [1.165, 1.54) is 11.3 Å². The van der Waals surface area contributed by atoms with Crippen LogP contribution >= 0.6 is 0 Å². The molecule has 0 spiro atoms. The van der Waals surface area contributed by atoms with Gasteiger partial charge in [0.25, 0.3) is 0 Å². The van der Waals surface area contributed by atoms with Gasteiger partial charge in [0.05, 0.1) is 5.60 Å². The predicted octanol–water partition coefficient (Wildman–Crippen LogP) is 1.57. The van der Waals surface area contributed by atoms with Crippen molar-refractivity contribution in [2.75, 3.05) is 57.8 Å². The van der Waals surface area contributed by atoms with Crippen molar-refractivity contribution in [3.05, 3.63) is 29.8 Å². The van der Waals surface area contributed by atoms with Gasteiger partial charge in [-0.15, -0.1) is 0 Å². The molecule has 2 aliphatic rings. The maximum absolute atomic E-state index is 10.8. The third-order valence-electron chi connectivity index (χ3n) is 5.00. The first-order chi connectivity index (χ1) is 10.5. The molecule has 0 aromatic heterocycles. The van der Waals surface area contributed by atoms with Crippen molar-refractivity contribution in [3.63, 3.8) is 0 Å². The van der Waals surface area contributed by atoms with Gasteiger partial charge < -0.3 is 14.9 Å². The molecule has 22 heavy (non-hydrogen) atoms. The van der Waals surface area contributed by atoms with Crippen LogP contribution in [0.3, 0.4) is 0 Å². The predicted molar refractivity (Wildman–Crippen MR) is 91.5 cm³/mol. The van der Waals surface area contributed by atoms with E-state index in [0.717, 1.165) is 58.7 Å². The van der Waals surface area contributed by atoms with Crippen LogP contribution in [0.2, 0.25) is 0 Å². The zero-order valence-electron chi connectivity index (χ0n) is 14.0. The molecule has 122 valence electrons.